The van der Waals surface area contributed by atoms with Crippen molar-refractivity contribution in [2.24, 2.45) is 7.05 Å². The van der Waals surface area contributed by atoms with Crippen LogP contribution < -0.4 is 10.9 Å². The molecule has 0 atom stereocenters. The number of carbonyl (C=O) groups is 1. The summed E-state index contributed by atoms with van der Waals surface area (Å²) >= 11 is 0. The third-order valence-electron chi connectivity index (χ3n) is 2.59. The van der Waals surface area contributed by atoms with Gasteiger partial charge in [0, 0.05) is 25.2 Å². The van der Waals surface area contributed by atoms with Crippen molar-refractivity contribution in [3.05, 3.63) is 40.4 Å². The number of amides is 1. The van der Waals surface area contributed by atoms with Gasteiger partial charge < -0.3 is 5.32 Å². The van der Waals surface area contributed by atoms with Crippen LogP contribution in [0, 0.1) is 0 Å². The Bertz CT molecular complexity index is 656. The third kappa shape index (κ3) is 2.70. The van der Waals surface area contributed by atoms with E-state index in [-0.39, 0.29) is 23.2 Å². The van der Waals surface area contributed by atoms with E-state index in [9.17, 15) is 9.59 Å². The molecule has 0 aliphatic carbocycles. The largest absolute Gasteiger partial charge is 0.305 e. The van der Waals surface area contributed by atoms with E-state index in [0.29, 0.717) is 5.82 Å². The van der Waals surface area contributed by atoms with Crippen molar-refractivity contribution < 1.29 is 4.79 Å². The van der Waals surface area contributed by atoms with Crippen LogP contribution in [-0.2, 0) is 7.05 Å². The minimum absolute atomic E-state index is 0.137. The van der Waals surface area contributed by atoms with Crippen LogP contribution in [0.2, 0.25) is 0 Å². The topological polar surface area (TPSA) is 81.8 Å². The number of rotatable bonds is 3. The van der Waals surface area contributed by atoms with Crippen LogP contribution in [0.15, 0.2) is 29.2 Å². The zero-order valence-electron chi connectivity index (χ0n) is 11.0. The van der Waals surface area contributed by atoms with Crippen molar-refractivity contribution in [3.8, 4) is 0 Å². The van der Waals surface area contributed by atoms with Crippen LogP contribution in [0.25, 0.3) is 0 Å². The molecule has 1 N–H and O–H groups in total. The van der Waals surface area contributed by atoms with E-state index in [1.165, 1.54) is 19.2 Å². The molecule has 0 aliphatic heterocycles. The first kappa shape index (κ1) is 13.0. The summed E-state index contributed by atoms with van der Waals surface area (Å²) < 4.78 is 2.81. The predicted octanol–water partition coefficient (Wildman–Crippen LogP) is 0.810. The Morgan fingerprint density at radius 2 is 2.05 bits per heavy atom. The number of nitrogens with zero attached hydrogens (tertiary/aromatic N) is 4. The molecule has 7 nitrogen and oxygen atoms in total. The molecule has 0 unspecified atom stereocenters. The summed E-state index contributed by atoms with van der Waals surface area (Å²) in [5, 5.41) is 10.7. The molecule has 0 saturated carbocycles. The Kier molecular flexibility index (Phi) is 3.46. The van der Waals surface area contributed by atoms with Crippen molar-refractivity contribution in [3.63, 3.8) is 0 Å². The van der Waals surface area contributed by atoms with E-state index < -0.39 is 0 Å². The standard InChI is InChI=1S/C12H15N5O2/c1-8(2)17-10(6-7-13-17)14-12(19)9-4-5-11(18)16(3)15-9/h4-8H,1-3H3,(H,14,19). The van der Waals surface area contributed by atoms with Gasteiger partial charge in [-0.2, -0.15) is 10.2 Å². The second-order valence-corrected chi connectivity index (χ2v) is 4.39. The molecule has 2 aromatic heterocycles. The number of nitrogens with one attached hydrogen (secondary N) is 1. The van der Waals surface area contributed by atoms with E-state index in [0.717, 1.165) is 4.68 Å². The fraction of sp³-hybridized carbons (Fsp3) is 0.333. The summed E-state index contributed by atoms with van der Waals surface area (Å²) in [6.45, 7) is 3.93. The first-order chi connectivity index (χ1) is 8.99. The molecule has 1 amide bonds. The minimum Gasteiger partial charge on any atom is -0.305 e. The normalized spacial score (nSPS) is 10.7. The van der Waals surface area contributed by atoms with Gasteiger partial charge in [-0.15, -0.1) is 0 Å². The molecule has 0 spiro atoms. The number of anilines is 1. The molecule has 7 heteroatoms. The van der Waals surface area contributed by atoms with E-state index in [4.69, 9.17) is 0 Å². The lowest BCUT2D eigenvalue weighted by Gasteiger charge is -2.11. The highest BCUT2D eigenvalue weighted by Crippen LogP contribution is 2.13. The average molecular weight is 261 g/mol. The molecule has 0 aliphatic rings. The number of hydrogen-bond acceptors (Lipinski definition) is 4. The van der Waals surface area contributed by atoms with Gasteiger partial charge in [0.2, 0.25) is 0 Å². The first-order valence-corrected chi connectivity index (χ1v) is 5.88. The number of aromatic nitrogens is 4. The van der Waals surface area contributed by atoms with Gasteiger partial charge in [0.1, 0.15) is 11.5 Å². The first-order valence-electron chi connectivity index (χ1n) is 5.88. The molecule has 0 bridgehead atoms. The maximum absolute atomic E-state index is 12.0. The fourth-order valence-electron chi connectivity index (χ4n) is 1.63. The minimum atomic E-state index is -0.377. The molecule has 0 radical (unpaired) electrons. The maximum atomic E-state index is 12.0. The van der Waals surface area contributed by atoms with Crippen LogP contribution in [0.5, 0.6) is 0 Å². The van der Waals surface area contributed by atoms with Gasteiger partial charge in [0.05, 0.1) is 6.20 Å². The molecular weight excluding hydrogens is 246 g/mol. The van der Waals surface area contributed by atoms with Crippen LogP contribution in [0.4, 0.5) is 5.82 Å². The Hall–Kier alpha value is -2.44. The van der Waals surface area contributed by atoms with E-state index in [1.54, 1.807) is 16.9 Å². The van der Waals surface area contributed by atoms with Gasteiger partial charge in [-0.3, -0.25) is 9.59 Å². The van der Waals surface area contributed by atoms with Crippen LogP contribution in [0.3, 0.4) is 0 Å². The summed E-state index contributed by atoms with van der Waals surface area (Å²) in [7, 11) is 1.50. The molecule has 0 saturated heterocycles. The zero-order valence-corrected chi connectivity index (χ0v) is 11.0. The molecule has 19 heavy (non-hydrogen) atoms. The SMILES string of the molecule is CC(C)n1nccc1NC(=O)c1ccc(=O)n(C)n1. The molecule has 100 valence electrons. The zero-order chi connectivity index (χ0) is 14.0. The van der Waals surface area contributed by atoms with Crippen molar-refractivity contribution in [2.75, 3.05) is 5.32 Å². The van der Waals surface area contributed by atoms with Gasteiger partial charge in [-0.05, 0) is 19.9 Å². The fourth-order valence-corrected chi connectivity index (χ4v) is 1.63. The quantitative estimate of drug-likeness (QED) is 0.886. The molecule has 2 aromatic rings. The van der Waals surface area contributed by atoms with Crippen molar-refractivity contribution in [1.82, 2.24) is 19.6 Å². The molecule has 0 fully saturated rings. The maximum Gasteiger partial charge on any atom is 0.277 e. The van der Waals surface area contributed by atoms with Gasteiger partial charge in [0.25, 0.3) is 11.5 Å². The Morgan fingerprint density at radius 1 is 1.32 bits per heavy atom. The summed E-state index contributed by atoms with van der Waals surface area (Å²) in [5.74, 6) is 0.216. The van der Waals surface area contributed by atoms with E-state index in [2.05, 4.69) is 15.5 Å². The molecule has 0 aromatic carbocycles. The lowest BCUT2D eigenvalue weighted by Crippen LogP contribution is -2.24. The van der Waals surface area contributed by atoms with Gasteiger partial charge in [0.15, 0.2) is 0 Å². The smallest absolute Gasteiger partial charge is 0.277 e. The highest BCUT2D eigenvalue weighted by Gasteiger charge is 2.12. The lowest BCUT2D eigenvalue weighted by molar-refractivity contribution is 0.101. The number of carbonyl (C=O) groups excluding carboxylic acids is 1. The average Bonchev–Trinajstić information content (AvgIpc) is 2.80. The second kappa shape index (κ2) is 5.05. The Morgan fingerprint density at radius 3 is 2.68 bits per heavy atom. The lowest BCUT2D eigenvalue weighted by atomic mass is 10.3. The molecule has 2 heterocycles. The summed E-state index contributed by atoms with van der Waals surface area (Å²) in [6, 6.07) is 4.55. The Balaban J connectivity index is 2.23. The summed E-state index contributed by atoms with van der Waals surface area (Å²) in [6.07, 6.45) is 1.61. The summed E-state index contributed by atoms with van der Waals surface area (Å²) in [5.41, 5.74) is -0.0811. The molecular formula is C12H15N5O2. The van der Waals surface area contributed by atoms with Crippen LogP contribution in [-0.4, -0.2) is 25.5 Å². The van der Waals surface area contributed by atoms with E-state index in [1.807, 2.05) is 13.8 Å². The summed E-state index contributed by atoms with van der Waals surface area (Å²) in [4.78, 5) is 23.2. The monoisotopic (exact) mass is 261 g/mol. The predicted molar refractivity (Wildman–Crippen MR) is 70.0 cm³/mol. The van der Waals surface area contributed by atoms with Crippen LogP contribution in [0.1, 0.15) is 30.4 Å². The van der Waals surface area contributed by atoms with Crippen LogP contribution >= 0.6 is 0 Å². The highest BCUT2D eigenvalue weighted by molar-refractivity contribution is 6.02. The van der Waals surface area contributed by atoms with Crippen molar-refractivity contribution in [2.45, 2.75) is 19.9 Å². The van der Waals surface area contributed by atoms with Crippen molar-refractivity contribution in [1.29, 1.82) is 0 Å². The van der Waals surface area contributed by atoms with E-state index >= 15 is 0 Å². The third-order valence-corrected chi connectivity index (χ3v) is 2.59. The van der Waals surface area contributed by atoms with Gasteiger partial charge in [-0.25, -0.2) is 9.36 Å². The second-order valence-electron chi connectivity index (χ2n) is 4.39. The number of hydrogen-bond donors (Lipinski definition) is 1. The number of aryl methyl sites for hydroxylation is 1. The highest BCUT2D eigenvalue weighted by atomic mass is 16.2. The van der Waals surface area contributed by atoms with Gasteiger partial charge in [-0.1, -0.05) is 0 Å². The Labute approximate surface area is 109 Å². The van der Waals surface area contributed by atoms with Gasteiger partial charge >= 0.3 is 0 Å². The van der Waals surface area contributed by atoms with Crippen molar-refractivity contribution >= 4 is 11.7 Å². The molecule has 2 rings (SSSR count).